The summed E-state index contributed by atoms with van der Waals surface area (Å²) in [5.74, 6) is 0. The van der Waals surface area contributed by atoms with Gasteiger partial charge in [0.15, 0.2) is 0 Å². The fourth-order valence-corrected chi connectivity index (χ4v) is 0.994. The average Bonchev–Trinajstić information content (AvgIpc) is 2.06. The molecule has 0 aliphatic carbocycles. The van der Waals surface area contributed by atoms with Crippen LogP contribution in [0.3, 0.4) is 0 Å². The molecule has 2 heteroatoms. The molecule has 0 aliphatic rings. The van der Waals surface area contributed by atoms with Gasteiger partial charge in [0.2, 0.25) is 0 Å². The summed E-state index contributed by atoms with van der Waals surface area (Å²) in [6, 6.07) is 9.88. The van der Waals surface area contributed by atoms with E-state index in [1.54, 1.807) is 0 Å². The van der Waals surface area contributed by atoms with E-state index in [1.807, 2.05) is 37.3 Å². The number of hydrogen-bond acceptors (Lipinski definition) is 2. The van der Waals surface area contributed by atoms with Gasteiger partial charge in [0.1, 0.15) is 4.87 Å². The molecule has 0 spiro atoms. The van der Waals surface area contributed by atoms with E-state index in [4.69, 9.17) is 0 Å². The van der Waals surface area contributed by atoms with Crippen molar-refractivity contribution < 1.29 is 0 Å². The summed E-state index contributed by atoms with van der Waals surface area (Å²) in [5.41, 5.74) is 1.07. The Morgan fingerprint density at radius 1 is 1.36 bits per heavy atom. The molecule has 0 aliphatic heterocycles. The largest absolute Gasteiger partial charge is 0.279 e. The van der Waals surface area contributed by atoms with Gasteiger partial charge < -0.3 is 0 Å². The lowest BCUT2D eigenvalue weighted by Crippen LogP contribution is -2.08. The van der Waals surface area contributed by atoms with Crippen molar-refractivity contribution >= 4 is 19.3 Å². The van der Waals surface area contributed by atoms with E-state index in [0.29, 0.717) is 0 Å². The van der Waals surface area contributed by atoms with Crippen LogP contribution in [0.1, 0.15) is 12.5 Å². The van der Waals surface area contributed by atoms with Crippen molar-refractivity contribution in [2.24, 2.45) is 4.99 Å². The molecule has 1 atom stereocenters. The Morgan fingerprint density at radius 3 is 2.36 bits per heavy atom. The monoisotopic (exact) mass is 165 g/mol. The van der Waals surface area contributed by atoms with Gasteiger partial charge in [0.25, 0.3) is 0 Å². The van der Waals surface area contributed by atoms with Crippen LogP contribution in [0.5, 0.6) is 0 Å². The van der Waals surface area contributed by atoms with E-state index in [1.165, 1.54) is 0 Å². The second kappa shape index (κ2) is 3.09. The second-order valence-corrected chi connectivity index (χ2v) is 3.42. The Balaban J connectivity index is 3.02. The number of thiol groups is 1. The van der Waals surface area contributed by atoms with Crippen LogP contribution in [0, 0.1) is 0 Å². The maximum Gasteiger partial charge on any atom is 0.124 e. The Bertz CT molecular complexity index is 241. The molecular formula is C9H11NS. The molecule has 1 unspecified atom stereocenters. The van der Waals surface area contributed by atoms with Crippen molar-refractivity contribution in [1.82, 2.24) is 0 Å². The lowest BCUT2D eigenvalue weighted by molar-refractivity contribution is 0.755. The van der Waals surface area contributed by atoms with Gasteiger partial charge >= 0.3 is 0 Å². The Morgan fingerprint density at radius 2 is 1.91 bits per heavy atom. The number of aliphatic imine (C=N–C) groups is 1. The van der Waals surface area contributed by atoms with Crippen LogP contribution in [-0.2, 0) is 4.87 Å². The summed E-state index contributed by atoms with van der Waals surface area (Å²) in [6.45, 7) is 5.40. The Hall–Kier alpha value is -0.760. The van der Waals surface area contributed by atoms with Gasteiger partial charge in [-0.25, -0.2) is 0 Å². The van der Waals surface area contributed by atoms with Crippen LogP contribution in [0.25, 0.3) is 0 Å². The third kappa shape index (κ3) is 1.84. The van der Waals surface area contributed by atoms with E-state index in [2.05, 4.69) is 24.3 Å². The molecule has 0 bridgehead atoms. The average molecular weight is 165 g/mol. The third-order valence-electron chi connectivity index (χ3n) is 1.63. The van der Waals surface area contributed by atoms with Crippen molar-refractivity contribution in [3.63, 3.8) is 0 Å². The van der Waals surface area contributed by atoms with Crippen molar-refractivity contribution in [2.75, 3.05) is 0 Å². The highest BCUT2D eigenvalue weighted by atomic mass is 32.1. The highest BCUT2D eigenvalue weighted by Crippen LogP contribution is 2.28. The van der Waals surface area contributed by atoms with Gasteiger partial charge in [-0.05, 0) is 19.2 Å². The molecule has 1 nitrogen and oxygen atoms in total. The minimum atomic E-state index is -0.457. The standard InChI is InChI=1S/C9H11NS/c1-9(11,10-2)8-6-4-3-5-7-8/h3-7,11H,2H2,1H3. The van der Waals surface area contributed by atoms with Crippen LogP contribution in [0.2, 0.25) is 0 Å². The number of benzene rings is 1. The molecule has 11 heavy (non-hydrogen) atoms. The molecule has 1 aromatic carbocycles. The third-order valence-corrected chi connectivity index (χ3v) is 2.03. The van der Waals surface area contributed by atoms with Gasteiger partial charge in [-0.1, -0.05) is 30.3 Å². The highest BCUT2D eigenvalue weighted by molar-refractivity contribution is 7.81. The summed E-state index contributed by atoms with van der Waals surface area (Å²) < 4.78 is 0. The SMILES string of the molecule is C=NC(C)(S)c1ccccc1. The van der Waals surface area contributed by atoms with Crippen molar-refractivity contribution in [2.45, 2.75) is 11.8 Å². The fraction of sp³-hybridized carbons (Fsp3) is 0.222. The molecule has 1 aromatic rings. The number of rotatable bonds is 2. The smallest absolute Gasteiger partial charge is 0.124 e. The minimum absolute atomic E-state index is 0.457. The van der Waals surface area contributed by atoms with Crippen molar-refractivity contribution in [1.29, 1.82) is 0 Å². The first-order valence-corrected chi connectivity index (χ1v) is 3.87. The summed E-state index contributed by atoms with van der Waals surface area (Å²) >= 11 is 4.35. The molecular weight excluding hydrogens is 154 g/mol. The molecule has 0 fully saturated rings. The zero-order chi connectivity index (χ0) is 8.32. The first-order valence-electron chi connectivity index (χ1n) is 3.42. The van der Waals surface area contributed by atoms with E-state index < -0.39 is 4.87 Å². The van der Waals surface area contributed by atoms with Gasteiger partial charge in [-0.15, -0.1) is 12.6 Å². The first kappa shape index (κ1) is 8.34. The zero-order valence-electron chi connectivity index (χ0n) is 6.49. The topological polar surface area (TPSA) is 12.4 Å². The summed E-state index contributed by atoms with van der Waals surface area (Å²) in [4.78, 5) is 3.45. The van der Waals surface area contributed by atoms with Crippen LogP contribution in [-0.4, -0.2) is 6.72 Å². The van der Waals surface area contributed by atoms with Gasteiger partial charge in [0.05, 0.1) is 0 Å². The quantitative estimate of drug-likeness (QED) is 0.510. The number of hydrogen-bond donors (Lipinski definition) is 1. The maximum atomic E-state index is 4.35. The molecule has 0 saturated heterocycles. The minimum Gasteiger partial charge on any atom is -0.279 e. The highest BCUT2D eigenvalue weighted by Gasteiger charge is 2.17. The van der Waals surface area contributed by atoms with E-state index >= 15 is 0 Å². The van der Waals surface area contributed by atoms with Gasteiger partial charge in [-0.3, -0.25) is 4.99 Å². The summed E-state index contributed by atoms with van der Waals surface area (Å²) in [7, 11) is 0. The van der Waals surface area contributed by atoms with E-state index in [9.17, 15) is 0 Å². The second-order valence-electron chi connectivity index (χ2n) is 2.54. The van der Waals surface area contributed by atoms with Crippen molar-refractivity contribution in [3.05, 3.63) is 35.9 Å². The molecule has 0 radical (unpaired) electrons. The number of nitrogens with zero attached hydrogens (tertiary/aromatic N) is 1. The normalized spacial score (nSPS) is 15.5. The first-order chi connectivity index (χ1) is 5.17. The molecule has 0 amide bonds. The zero-order valence-corrected chi connectivity index (χ0v) is 7.38. The fourth-order valence-electron chi connectivity index (χ4n) is 0.845. The van der Waals surface area contributed by atoms with Crippen LogP contribution in [0.4, 0.5) is 0 Å². The molecule has 0 saturated carbocycles. The van der Waals surface area contributed by atoms with Crippen LogP contribution in [0.15, 0.2) is 35.3 Å². The summed E-state index contributed by atoms with van der Waals surface area (Å²) in [5, 5.41) is 0. The molecule has 0 N–H and O–H groups in total. The molecule has 1 rings (SSSR count). The Kier molecular flexibility index (Phi) is 2.35. The van der Waals surface area contributed by atoms with Crippen molar-refractivity contribution in [3.8, 4) is 0 Å². The maximum absolute atomic E-state index is 4.35. The van der Waals surface area contributed by atoms with E-state index in [-0.39, 0.29) is 0 Å². The lowest BCUT2D eigenvalue weighted by Gasteiger charge is -2.17. The van der Waals surface area contributed by atoms with Gasteiger partial charge in [-0.2, -0.15) is 0 Å². The predicted octanol–water partition coefficient (Wildman–Crippen LogP) is 2.49. The molecule has 0 heterocycles. The molecule has 58 valence electrons. The molecule has 0 aromatic heterocycles. The van der Waals surface area contributed by atoms with Crippen LogP contribution >= 0.6 is 12.6 Å². The lowest BCUT2D eigenvalue weighted by atomic mass is 10.1. The van der Waals surface area contributed by atoms with E-state index in [0.717, 1.165) is 5.56 Å². The van der Waals surface area contributed by atoms with Gasteiger partial charge in [0, 0.05) is 0 Å². The predicted molar refractivity (Wildman–Crippen MR) is 52.3 cm³/mol. The van der Waals surface area contributed by atoms with Crippen LogP contribution < -0.4 is 0 Å². The Labute approximate surface area is 72.6 Å². The summed E-state index contributed by atoms with van der Waals surface area (Å²) in [6.07, 6.45) is 0.